The molecule has 0 radical (unpaired) electrons. The third-order valence-electron chi connectivity index (χ3n) is 2.15. The minimum Gasteiger partial charge on any atom is -0.341 e. The van der Waals surface area contributed by atoms with E-state index in [0.717, 1.165) is 12.1 Å². The SMILES string of the molecule is O=P(O)(CCCC(F)(F)F)c1ccccc1F. The van der Waals surface area contributed by atoms with Crippen LogP contribution in [0.4, 0.5) is 17.6 Å². The molecule has 1 N–H and O–H groups in total. The van der Waals surface area contributed by atoms with Crippen LogP contribution in [0.1, 0.15) is 12.8 Å². The number of rotatable bonds is 4. The summed E-state index contributed by atoms with van der Waals surface area (Å²) >= 11 is 0. The standard InChI is InChI=1S/C10H11F4O2P/c11-8-4-1-2-5-9(8)17(15,16)7-3-6-10(12,13)14/h1-2,4-5H,3,6-7H2,(H,15,16). The Labute approximate surface area is 95.7 Å². The van der Waals surface area contributed by atoms with E-state index >= 15 is 0 Å². The molecule has 96 valence electrons. The van der Waals surface area contributed by atoms with E-state index in [1.807, 2.05) is 0 Å². The molecule has 0 heterocycles. The first-order chi connectivity index (χ1) is 7.72. The van der Waals surface area contributed by atoms with Gasteiger partial charge in [-0.15, -0.1) is 0 Å². The van der Waals surface area contributed by atoms with Crippen molar-refractivity contribution in [1.82, 2.24) is 0 Å². The smallest absolute Gasteiger partial charge is 0.341 e. The van der Waals surface area contributed by atoms with E-state index in [-0.39, 0.29) is 0 Å². The van der Waals surface area contributed by atoms with Crippen molar-refractivity contribution >= 4 is 12.7 Å². The van der Waals surface area contributed by atoms with Gasteiger partial charge in [0.15, 0.2) is 0 Å². The second-order valence-corrected chi connectivity index (χ2v) is 5.93. The van der Waals surface area contributed by atoms with Crippen molar-refractivity contribution < 1.29 is 27.0 Å². The fraction of sp³-hybridized carbons (Fsp3) is 0.400. The highest BCUT2D eigenvalue weighted by Crippen LogP contribution is 2.41. The molecule has 1 unspecified atom stereocenters. The van der Waals surface area contributed by atoms with Crippen molar-refractivity contribution in [2.24, 2.45) is 0 Å². The van der Waals surface area contributed by atoms with Crippen LogP contribution in [0.15, 0.2) is 24.3 Å². The summed E-state index contributed by atoms with van der Waals surface area (Å²) in [6.07, 6.45) is -6.58. The lowest BCUT2D eigenvalue weighted by atomic mass is 10.3. The van der Waals surface area contributed by atoms with Gasteiger partial charge in [-0.3, -0.25) is 4.57 Å². The second kappa shape index (κ2) is 5.19. The van der Waals surface area contributed by atoms with Crippen molar-refractivity contribution in [2.45, 2.75) is 19.0 Å². The molecule has 0 saturated heterocycles. The minimum absolute atomic E-state index is 0.415. The van der Waals surface area contributed by atoms with Crippen LogP contribution in [0.25, 0.3) is 0 Å². The normalized spacial score (nSPS) is 15.6. The number of hydrogen-bond donors (Lipinski definition) is 1. The molecule has 0 amide bonds. The molecule has 1 rings (SSSR count). The topological polar surface area (TPSA) is 37.3 Å². The number of benzene rings is 1. The third kappa shape index (κ3) is 4.48. The summed E-state index contributed by atoms with van der Waals surface area (Å²) in [5, 5.41) is -0.415. The Morgan fingerprint density at radius 1 is 1.24 bits per heavy atom. The van der Waals surface area contributed by atoms with Gasteiger partial charge in [-0.1, -0.05) is 12.1 Å². The molecule has 0 aliphatic carbocycles. The summed E-state index contributed by atoms with van der Waals surface area (Å²) < 4.78 is 60.5. The van der Waals surface area contributed by atoms with Crippen LogP contribution in [-0.2, 0) is 4.57 Å². The van der Waals surface area contributed by atoms with Gasteiger partial charge in [-0.05, 0) is 18.6 Å². The molecule has 0 saturated carbocycles. The molecular weight excluding hydrogens is 259 g/mol. The monoisotopic (exact) mass is 270 g/mol. The molecule has 1 atom stereocenters. The van der Waals surface area contributed by atoms with Crippen molar-refractivity contribution in [1.29, 1.82) is 0 Å². The van der Waals surface area contributed by atoms with Gasteiger partial charge in [0.05, 0.1) is 5.30 Å². The van der Waals surface area contributed by atoms with Crippen LogP contribution < -0.4 is 5.30 Å². The summed E-state index contributed by atoms with van der Waals surface area (Å²) in [6, 6.07) is 4.82. The maximum atomic E-state index is 13.2. The largest absolute Gasteiger partial charge is 0.389 e. The van der Waals surface area contributed by atoms with Crippen molar-refractivity contribution in [3.63, 3.8) is 0 Å². The second-order valence-electron chi connectivity index (χ2n) is 3.60. The average Bonchev–Trinajstić information content (AvgIpc) is 2.15. The maximum Gasteiger partial charge on any atom is 0.389 e. The Morgan fingerprint density at radius 2 is 1.82 bits per heavy atom. The summed E-state index contributed by atoms with van der Waals surface area (Å²) in [7, 11) is -4.04. The Kier molecular flexibility index (Phi) is 4.33. The zero-order chi connectivity index (χ0) is 13.1. The zero-order valence-corrected chi connectivity index (χ0v) is 9.64. The van der Waals surface area contributed by atoms with Crippen molar-refractivity contribution in [2.75, 3.05) is 6.16 Å². The summed E-state index contributed by atoms with van der Waals surface area (Å²) in [6.45, 7) is 0. The Morgan fingerprint density at radius 3 is 2.35 bits per heavy atom. The number of halogens is 4. The van der Waals surface area contributed by atoms with Gasteiger partial charge in [-0.2, -0.15) is 13.2 Å². The van der Waals surface area contributed by atoms with Gasteiger partial charge >= 0.3 is 6.18 Å². The van der Waals surface area contributed by atoms with E-state index in [0.29, 0.717) is 0 Å². The first-order valence-corrected chi connectivity index (χ1v) is 6.70. The molecule has 1 aromatic carbocycles. The van der Waals surface area contributed by atoms with Gasteiger partial charge < -0.3 is 4.89 Å². The zero-order valence-electron chi connectivity index (χ0n) is 8.75. The van der Waals surface area contributed by atoms with Crippen LogP contribution >= 0.6 is 7.37 Å². The summed E-state index contributed by atoms with van der Waals surface area (Å²) in [4.78, 5) is 9.51. The molecule has 2 nitrogen and oxygen atoms in total. The quantitative estimate of drug-likeness (QED) is 0.674. The molecule has 0 spiro atoms. The molecule has 0 fully saturated rings. The van der Waals surface area contributed by atoms with E-state index in [9.17, 15) is 27.0 Å². The van der Waals surface area contributed by atoms with Gasteiger partial charge in [0.1, 0.15) is 5.82 Å². The molecule has 0 aliphatic rings. The highest BCUT2D eigenvalue weighted by molar-refractivity contribution is 7.66. The first kappa shape index (κ1) is 14.2. The van der Waals surface area contributed by atoms with Crippen molar-refractivity contribution in [3.05, 3.63) is 30.1 Å². The number of alkyl halides is 3. The molecule has 0 aliphatic heterocycles. The fourth-order valence-corrected chi connectivity index (χ4v) is 2.90. The van der Waals surface area contributed by atoms with Crippen LogP contribution in [0.2, 0.25) is 0 Å². The van der Waals surface area contributed by atoms with E-state index in [4.69, 9.17) is 0 Å². The predicted molar refractivity (Wildman–Crippen MR) is 56.0 cm³/mol. The molecule has 7 heteroatoms. The Bertz CT molecular complexity index is 431. The van der Waals surface area contributed by atoms with Gasteiger partial charge in [0.2, 0.25) is 7.37 Å². The number of hydrogen-bond acceptors (Lipinski definition) is 1. The summed E-state index contributed by atoms with van der Waals surface area (Å²) in [5.74, 6) is -0.870. The lowest BCUT2D eigenvalue weighted by molar-refractivity contribution is -0.134. The average molecular weight is 270 g/mol. The van der Waals surface area contributed by atoms with Crippen LogP contribution in [0.3, 0.4) is 0 Å². The minimum atomic E-state index is -4.37. The summed E-state index contributed by atoms with van der Waals surface area (Å²) in [5.41, 5.74) is 0. The maximum absolute atomic E-state index is 13.2. The third-order valence-corrected chi connectivity index (χ3v) is 4.19. The van der Waals surface area contributed by atoms with Crippen LogP contribution in [0, 0.1) is 5.82 Å². The van der Waals surface area contributed by atoms with E-state index in [2.05, 4.69) is 0 Å². The van der Waals surface area contributed by atoms with Crippen LogP contribution in [0.5, 0.6) is 0 Å². The highest BCUT2D eigenvalue weighted by atomic mass is 31.2. The fourth-order valence-electron chi connectivity index (χ4n) is 1.35. The first-order valence-electron chi connectivity index (χ1n) is 4.86. The Balaban J connectivity index is 2.70. The van der Waals surface area contributed by atoms with E-state index in [1.165, 1.54) is 12.1 Å². The van der Waals surface area contributed by atoms with Crippen molar-refractivity contribution in [3.8, 4) is 0 Å². The highest BCUT2D eigenvalue weighted by Gasteiger charge is 2.30. The van der Waals surface area contributed by atoms with Crippen LogP contribution in [-0.4, -0.2) is 17.2 Å². The van der Waals surface area contributed by atoms with Gasteiger partial charge in [0.25, 0.3) is 0 Å². The van der Waals surface area contributed by atoms with Gasteiger partial charge in [0, 0.05) is 12.6 Å². The van der Waals surface area contributed by atoms with Gasteiger partial charge in [-0.25, -0.2) is 4.39 Å². The predicted octanol–water partition coefficient (Wildman–Crippen LogP) is 3.06. The Hall–Kier alpha value is -0.870. The molecule has 0 aromatic heterocycles. The van der Waals surface area contributed by atoms with E-state index in [1.54, 1.807) is 0 Å². The molecular formula is C10H11F4O2P. The molecule has 0 bridgehead atoms. The molecule has 1 aromatic rings. The van der Waals surface area contributed by atoms with E-state index < -0.39 is 43.7 Å². The lowest BCUT2D eigenvalue weighted by Crippen LogP contribution is -2.14. The molecule has 17 heavy (non-hydrogen) atoms. The lowest BCUT2D eigenvalue weighted by Gasteiger charge is -2.13.